The van der Waals surface area contributed by atoms with Crippen LogP contribution in [0.25, 0.3) is 6.08 Å². The van der Waals surface area contributed by atoms with Gasteiger partial charge in [0.2, 0.25) is 5.83 Å². The largest absolute Gasteiger partial charge is 0.497 e. The number of benzene rings is 1. The van der Waals surface area contributed by atoms with Crippen molar-refractivity contribution in [3.05, 3.63) is 35.7 Å². The van der Waals surface area contributed by atoms with E-state index in [1.54, 1.807) is 12.1 Å². The Morgan fingerprint density at radius 2 is 1.86 bits per heavy atom. The minimum Gasteiger partial charge on any atom is -0.497 e. The Labute approximate surface area is 79.8 Å². The minimum absolute atomic E-state index is 0.398. The average Bonchev–Trinajstić information content (AvgIpc) is 2.19. The Balaban J connectivity index is 2.88. The fourth-order valence-corrected chi connectivity index (χ4v) is 0.903. The van der Waals surface area contributed by atoms with Crippen molar-refractivity contribution < 1.29 is 18.3 Å². The summed E-state index contributed by atoms with van der Waals surface area (Å²) in [4.78, 5) is 9.94. The molecule has 4 heteroatoms. The van der Waals surface area contributed by atoms with Crippen LogP contribution in [0, 0.1) is 0 Å². The molecule has 0 radical (unpaired) electrons. The van der Waals surface area contributed by atoms with E-state index in [2.05, 4.69) is 0 Å². The van der Waals surface area contributed by atoms with E-state index in [4.69, 9.17) is 4.74 Å². The lowest BCUT2D eigenvalue weighted by molar-refractivity contribution is -0.126. The zero-order valence-corrected chi connectivity index (χ0v) is 7.46. The summed E-state index contributed by atoms with van der Waals surface area (Å²) in [7, 11) is 1.50. The summed E-state index contributed by atoms with van der Waals surface area (Å²) in [5.41, 5.74) is 0.398. The van der Waals surface area contributed by atoms with Gasteiger partial charge < -0.3 is 4.74 Å². The van der Waals surface area contributed by atoms with E-state index in [0.29, 0.717) is 11.3 Å². The standard InChI is InChI=1S/C10H8F2O2/c1-14-8-4-2-7(3-5-8)6-9(11)10(12)13/h2-6H,1H3/b9-6-. The molecule has 0 spiro atoms. The van der Waals surface area contributed by atoms with Crippen LogP contribution in [0.5, 0.6) is 5.75 Å². The van der Waals surface area contributed by atoms with Gasteiger partial charge in [0.05, 0.1) is 7.11 Å². The minimum atomic E-state index is -2.07. The first kappa shape index (κ1) is 10.4. The molecule has 74 valence electrons. The van der Waals surface area contributed by atoms with E-state index in [1.807, 2.05) is 0 Å². The molecule has 0 atom stereocenters. The maximum Gasteiger partial charge on any atom is 0.360 e. The van der Waals surface area contributed by atoms with Gasteiger partial charge in [-0.2, -0.15) is 8.78 Å². The molecule has 0 saturated carbocycles. The fraction of sp³-hybridized carbons (Fsp3) is 0.100. The van der Waals surface area contributed by atoms with Crippen LogP contribution in [0.2, 0.25) is 0 Å². The highest BCUT2D eigenvalue weighted by atomic mass is 19.2. The van der Waals surface area contributed by atoms with E-state index in [0.717, 1.165) is 6.08 Å². The van der Waals surface area contributed by atoms with Gasteiger partial charge in [-0.3, -0.25) is 4.79 Å². The van der Waals surface area contributed by atoms with Crippen LogP contribution in [-0.4, -0.2) is 13.1 Å². The summed E-state index contributed by atoms with van der Waals surface area (Å²) >= 11 is 0. The van der Waals surface area contributed by atoms with Gasteiger partial charge in [0.15, 0.2) is 0 Å². The molecule has 1 aromatic carbocycles. The van der Waals surface area contributed by atoms with Crippen LogP contribution in [-0.2, 0) is 4.79 Å². The molecule has 1 rings (SSSR count). The van der Waals surface area contributed by atoms with Crippen molar-refractivity contribution >= 4 is 12.1 Å². The normalized spacial score (nSPS) is 11.2. The molecular formula is C10H8F2O2. The maximum absolute atomic E-state index is 12.5. The number of carbonyl (C=O) groups excluding carboxylic acids is 1. The highest BCUT2D eigenvalue weighted by Crippen LogP contribution is 2.14. The molecule has 0 heterocycles. The molecule has 0 amide bonds. The molecule has 0 fully saturated rings. The maximum atomic E-state index is 12.5. The van der Waals surface area contributed by atoms with Crippen LogP contribution < -0.4 is 4.74 Å². The number of hydrogen-bond donors (Lipinski definition) is 0. The van der Waals surface area contributed by atoms with Gasteiger partial charge in [0.1, 0.15) is 5.75 Å². The summed E-state index contributed by atoms with van der Waals surface area (Å²) in [6.07, 6.45) is 0.821. The van der Waals surface area contributed by atoms with Crippen molar-refractivity contribution in [1.82, 2.24) is 0 Å². The predicted molar refractivity (Wildman–Crippen MR) is 48.2 cm³/mol. The van der Waals surface area contributed by atoms with Gasteiger partial charge in [-0.15, -0.1) is 0 Å². The summed E-state index contributed by atoms with van der Waals surface area (Å²) in [6, 6.07) is 4.13. The molecule has 0 aliphatic carbocycles. The van der Waals surface area contributed by atoms with Crippen molar-refractivity contribution in [2.75, 3.05) is 7.11 Å². The number of methoxy groups -OCH3 is 1. The highest BCUT2D eigenvalue weighted by molar-refractivity contribution is 5.90. The van der Waals surface area contributed by atoms with Crippen molar-refractivity contribution in [2.45, 2.75) is 0 Å². The number of rotatable bonds is 3. The third-order valence-electron chi connectivity index (χ3n) is 1.60. The lowest BCUT2D eigenvalue weighted by Crippen LogP contribution is -1.87. The molecule has 0 N–H and O–H groups in total. The molecule has 14 heavy (non-hydrogen) atoms. The molecule has 0 aliphatic rings. The number of carbonyl (C=O) groups is 1. The number of ether oxygens (including phenoxy) is 1. The Bertz CT molecular complexity index is 355. The third-order valence-corrected chi connectivity index (χ3v) is 1.60. The summed E-state index contributed by atoms with van der Waals surface area (Å²) in [6.45, 7) is 0. The highest BCUT2D eigenvalue weighted by Gasteiger charge is 2.05. The Morgan fingerprint density at radius 3 is 2.29 bits per heavy atom. The lowest BCUT2D eigenvalue weighted by Gasteiger charge is -1.98. The number of hydrogen-bond acceptors (Lipinski definition) is 2. The van der Waals surface area contributed by atoms with Gasteiger partial charge in [-0.25, -0.2) is 0 Å². The van der Waals surface area contributed by atoms with Crippen LogP contribution in [0.1, 0.15) is 5.56 Å². The second-order valence-electron chi connectivity index (χ2n) is 2.54. The van der Waals surface area contributed by atoms with E-state index < -0.39 is 11.9 Å². The van der Waals surface area contributed by atoms with Gasteiger partial charge in [-0.1, -0.05) is 12.1 Å². The SMILES string of the molecule is COc1ccc(/C=C(\F)C(=O)F)cc1. The van der Waals surface area contributed by atoms with Gasteiger partial charge in [0.25, 0.3) is 0 Å². The summed E-state index contributed by atoms with van der Waals surface area (Å²) < 4.78 is 29.2. The second-order valence-corrected chi connectivity index (χ2v) is 2.54. The topological polar surface area (TPSA) is 26.3 Å². The van der Waals surface area contributed by atoms with Crippen LogP contribution in [0.15, 0.2) is 30.1 Å². The second kappa shape index (κ2) is 4.50. The first-order chi connectivity index (χ1) is 6.63. The summed E-state index contributed by atoms with van der Waals surface area (Å²) in [5, 5.41) is 0. The predicted octanol–water partition coefficient (Wildman–Crippen LogP) is 2.50. The summed E-state index contributed by atoms with van der Waals surface area (Å²) in [5.74, 6) is -0.802. The molecule has 0 saturated heterocycles. The smallest absolute Gasteiger partial charge is 0.360 e. The number of allylic oxidation sites excluding steroid dienone is 1. The lowest BCUT2D eigenvalue weighted by atomic mass is 10.2. The van der Waals surface area contributed by atoms with Crippen molar-refractivity contribution in [3.63, 3.8) is 0 Å². The van der Waals surface area contributed by atoms with Crippen molar-refractivity contribution in [1.29, 1.82) is 0 Å². The Hall–Kier alpha value is -1.71. The zero-order valence-electron chi connectivity index (χ0n) is 7.46. The molecule has 0 aromatic heterocycles. The Kier molecular flexibility index (Phi) is 3.34. The zero-order chi connectivity index (χ0) is 10.6. The monoisotopic (exact) mass is 198 g/mol. The Morgan fingerprint density at radius 1 is 1.29 bits per heavy atom. The van der Waals surface area contributed by atoms with E-state index >= 15 is 0 Å². The first-order valence-electron chi connectivity index (χ1n) is 3.84. The van der Waals surface area contributed by atoms with Crippen LogP contribution in [0.4, 0.5) is 8.78 Å². The molecule has 2 nitrogen and oxygen atoms in total. The average molecular weight is 198 g/mol. The molecule has 0 unspecified atom stereocenters. The molecule has 0 aliphatic heterocycles. The third kappa shape index (κ3) is 2.65. The molecule has 0 bridgehead atoms. The van der Waals surface area contributed by atoms with Crippen LogP contribution in [0.3, 0.4) is 0 Å². The van der Waals surface area contributed by atoms with E-state index in [1.165, 1.54) is 19.2 Å². The van der Waals surface area contributed by atoms with E-state index in [9.17, 15) is 13.6 Å². The van der Waals surface area contributed by atoms with Crippen molar-refractivity contribution in [3.8, 4) is 5.75 Å². The molecular weight excluding hydrogens is 190 g/mol. The van der Waals surface area contributed by atoms with Gasteiger partial charge >= 0.3 is 6.04 Å². The quantitative estimate of drug-likeness (QED) is 0.551. The van der Waals surface area contributed by atoms with Gasteiger partial charge in [0, 0.05) is 0 Å². The van der Waals surface area contributed by atoms with Gasteiger partial charge in [-0.05, 0) is 23.8 Å². The fourth-order valence-electron chi connectivity index (χ4n) is 0.903. The van der Waals surface area contributed by atoms with Crippen molar-refractivity contribution in [2.24, 2.45) is 0 Å². The van der Waals surface area contributed by atoms with Crippen LogP contribution >= 0.6 is 0 Å². The molecule has 1 aromatic rings. The van der Waals surface area contributed by atoms with E-state index in [-0.39, 0.29) is 0 Å². The first-order valence-corrected chi connectivity index (χ1v) is 3.84. The number of halogens is 2.